The molecule has 0 saturated carbocycles. The summed E-state index contributed by atoms with van der Waals surface area (Å²) in [5, 5.41) is 20.6. The minimum Gasteiger partial charge on any atom is -0.465 e. The van der Waals surface area contributed by atoms with Gasteiger partial charge in [-0.3, -0.25) is 4.79 Å². The van der Waals surface area contributed by atoms with Crippen LogP contribution in [0.3, 0.4) is 0 Å². The molecule has 2 rings (SSSR count). The highest BCUT2D eigenvalue weighted by Crippen LogP contribution is 2.36. The van der Waals surface area contributed by atoms with Crippen molar-refractivity contribution >= 4 is 16.7 Å². The zero-order valence-electron chi connectivity index (χ0n) is 12.8. The summed E-state index contributed by atoms with van der Waals surface area (Å²) in [5.74, 6) is -2.47. The number of nitriles is 2. The number of fused-ring (bicyclic) bond motifs is 1. The van der Waals surface area contributed by atoms with Crippen molar-refractivity contribution in [2.24, 2.45) is 5.92 Å². The monoisotopic (exact) mass is 304 g/mol. The van der Waals surface area contributed by atoms with Crippen LogP contribution in [0.2, 0.25) is 0 Å². The Bertz CT molecular complexity index is 822. The van der Waals surface area contributed by atoms with E-state index < -0.39 is 17.8 Å². The van der Waals surface area contributed by atoms with E-state index >= 15 is 0 Å². The summed E-state index contributed by atoms with van der Waals surface area (Å²) < 4.78 is 4.99. The second kappa shape index (κ2) is 7.24. The molecule has 0 aliphatic heterocycles. The number of hydrogen-bond donors (Lipinski definition) is 0. The Kier molecular flexibility index (Phi) is 5.12. The van der Waals surface area contributed by atoms with E-state index in [2.05, 4.69) is 6.58 Å². The van der Waals surface area contributed by atoms with Crippen LogP contribution in [0.5, 0.6) is 0 Å². The van der Waals surface area contributed by atoms with Crippen LogP contribution in [0.15, 0.2) is 54.6 Å². The maximum absolute atomic E-state index is 12.2. The van der Waals surface area contributed by atoms with Gasteiger partial charge in [-0.05, 0) is 23.3 Å². The van der Waals surface area contributed by atoms with Crippen molar-refractivity contribution in [3.8, 4) is 12.1 Å². The number of esters is 1. The fraction of sp³-hybridized carbons (Fsp3) is 0.211. The molecule has 0 spiro atoms. The van der Waals surface area contributed by atoms with Gasteiger partial charge in [0.1, 0.15) is 0 Å². The van der Waals surface area contributed by atoms with E-state index in [1.165, 1.54) is 0 Å². The second-order valence-corrected chi connectivity index (χ2v) is 5.04. The molecule has 0 heterocycles. The second-order valence-electron chi connectivity index (χ2n) is 5.04. The van der Waals surface area contributed by atoms with Crippen LogP contribution in [-0.4, -0.2) is 12.6 Å². The third-order valence-electron chi connectivity index (χ3n) is 3.69. The molecular weight excluding hydrogens is 288 g/mol. The molecule has 2 aromatic carbocycles. The predicted octanol–water partition coefficient (Wildman–Crippen LogP) is 3.71. The standard InChI is InChI=1S/C19H16N2O2/c1-3-23-19(22)17(12-21)18(13(2)11-20)16-10-6-8-14-7-4-5-9-15(14)16/h4-10,17-18H,2-3H2,1H3. The first-order valence-corrected chi connectivity index (χ1v) is 7.26. The first-order chi connectivity index (χ1) is 11.1. The average Bonchev–Trinajstić information content (AvgIpc) is 2.58. The van der Waals surface area contributed by atoms with Crippen molar-refractivity contribution < 1.29 is 9.53 Å². The van der Waals surface area contributed by atoms with Gasteiger partial charge in [0.15, 0.2) is 5.92 Å². The fourth-order valence-corrected chi connectivity index (χ4v) is 2.66. The molecule has 23 heavy (non-hydrogen) atoms. The summed E-state index contributed by atoms with van der Waals surface area (Å²) in [4.78, 5) is 12.2. The Morgan fingerprint density at radius 3 is 2.57 bits per heavy atom. The summed E-state index contributed by atoms with van der Waals surface area (Å²) >= 11 is 0. The van der Waals surface area contributed by atoms with Gasteiger partial charge in [0, 0.05) is 11.5 Å². The third-order valence-corrected chi connectivity index (χ3v) is 3.69. The number of carbonyl (C=O) groups excluding carboxylic acids is 1. The largest absolute Gasteiger partial charge is 0.465 e. The number of rotatable bonds is 5. The molecule has 0 amide bonds. The fourth-order valence-electron chi connectivity index (χ4n) is 2.66. The van der Waals surface area contributed by atoms with Gasteiger partial charge in [-0.15, -0.1) is 0 Å². The van der Waals surface area contributed by atoms with Gasteiger partial charge < -0.3 is 4.74 Å². The Labute approximate surface area is 135 Å². The smallest absolute Gasteiger partial charge is 0.324 e. The van der Waals surface area contributed by atoms with Gasteiger partial charge in [-0.2, -0.15) is 10.5 Å². The summed E-state index contributed by atoms with van der Waals surface area (Å²) in [6, 6.07) is 17.2. The van der Waals surface area contributed by atoms with Crippen molar-refractivity contribution in [3.63, 3.8) is 0 Å². The normalized spacial score (nSPS) is 12.7. The minimum atomic E-state index is -1.10. The lowest BCUT2D eigenvalue weighted by molar-refractivity contribution is -0.146. The van der Waals surface area contributed by atoms with Gasteiger partial charge in [0.05, 0.1) is 18.7 Å². The molecule has 2 aromatic rings. The number of carbonyl (C=O) groups is 1. The Morgan fingerprint density at radius 1 is 1.22 bits per heavy atom. The molecule has 114 valence electrons. The molecule has 4 heteroatoms. The van der Waals surface area contributed by atoms with Gasteiger partial charge in [-0.25, -0.2) is 0 Å². The number of hydrogen-bond acceptors (Lipinski definition) is 4. The van der Waals surface area contributed by atoms with Gasteiger partial charge in [0.25, 0.3) is 0 Å². The van der Waals surface area contributed by atoms with E-state index in [1.807, 2.05) is 54.6 Å². The molecule has 0 radical (unpaired) electrons. The van der Waals surface area contributed by atoms with E-state index in [4.69, 9.17) is 4.74 Å². The van der Waals surface area contributed by atoms with Crippen LogP contribution in [0, 0.1) is 28.6 Å². The summed E-state index contributed by atoms with van der Waals surface area (Å²) in [5.41, 5.74) is 0.898. The third kappa shape index (κ3) is 3.22. The topological polar surface area (TPSA) is 73.9 Å². The van der Waals surface area contributed by atoms with Crippen molar-refractivity contribution in [1.29, 1.82) is 10.5 Å². The van der Waals surface area contributed by atoms with Crippen LogP contribution in [0.1, 0.15) is 18.4 Å². The lowest BCUT2D eigenvalue weighted by Crippen LogP contribution is -2.24. The average molecular weight is 304 g/mol. The van der Waals surface area contributed by atoms with E-state index in [-0.39, 0.29) is 12.2 Å². The molecule has 0 aliphatic rings. The van der Waals surface area contributed by atoms with Crippen LogP contribution in [0.25, 0.3) is 10.8 Å². The van der Waals surface area contributed by atoms with Crippen molar-refractivity contribution in [1.82, 2.24) is 0 Å². The van der Waals surface area contributed by atoms with Crippen molar-refractivity contribution in [3.05, 3.63) is 60.2 Å². The summed E-state index contributed by atoms with van der Waals surface area (Å²) in [6.07, 6.45) is 0. The van der Waals surface area contributed by atoms with Crippen LogP contribution >= 0.6 is 0 Å². The number of benzene rings is 2. The van der Waals surface area contributed by atoms with E-state index in [0.717, 1.165) is 16.3 Å². The maximum atomic E-state index is 12.2. The molecule has 0 N–H and O–H groups in total. The maximum Gasteiger partial charge on any atom is 0.324 e. The van der Waals surface area contributed by atoms with E-state index in [9.17, 15) is 15.3 Å². The molecule has 0 fully saturated rings. The molecule has 2 atom stereocenters. The highest BCUT2D eigenvalue weighted by molar-refractivity contribution is 5.88. The molecular formula is C19H16N2O2. The van der Waals surface area contributed by atoms with Crippen molar-refractivity contribution in [2.75, 3.05) is 6.61 Å². The van der Waals surface area contributed by atoms with Crippen molar-refractivity contribution in [2.45, 2.75) is 12.8 Å². The molecule has 4 nitrogen and oxygen atoms in total. The lowest BCUT2D eigenvalue weighted by atomic mass is 9.80. The summed E-state index contributed by atoms with van der Waals surface area (Å²) in [7, 11) is 0. The Hall–Kier alpha value is -3.11. The molecule has 2 unspecified atom stereocenters. The first kappa shape index (κ1) is 16.3. The molecule has 0 aromatic heterocycles. The van der Waals surface area contributed by atoms with Crippen LogP contribution in [0.4, 0.5) is 0 Å². The quantitative estimate of drug-likeness (QED) is 0.623. The minimum absolute atomic E-state index is 0.168. The zero-order valence-corrected chi connectivity index (χ0v) is 12.8. The molecule has 0 saturated heterocycles. The van der Waals surface area contributed by atoms with Gasteiger partial charge in [0.2, 0.25) is 0 Å². The van der Waals surface area contributed by atoms with Gasteiger partial charge in [-0.1, -0.05) is 49.0 Å². The number of ether oxygens (including phenoxy) is 1. The van der Waals surface area contributed by atoms with E-state index in [0.29, 0.717) is 0 Å². The Morgan fingerprint density at radius 2 is 1.91 bits per heavy atom. The highest BCUT2D eigenvalue weighted by Gasteiger charge is 2.34. The lowest BCUT2D eigenvalue weighted by Gasteiger charge is -2.21. The zero-order chi connectivity index (χ0) is 16.8. The van der Waals surface area contributed by atoms with Crippen LogP contribution in [-0.2, 0) is 9.53 Å². The number of allylic oxidation sites excluding steroid dienone is 1. The number of nitrogens with zero attached hydrogens (tertiary/aromatic N) is 2. The summed E-state index contributed by atoms with van der Waals surface area (Å²) in [6.45, 7) is 5.61. The SMILES string of the molecule is C=C(C#N)C(c1cccc2ccccc12)C(C#N)C(=O)OCC. The molecule has 0 aliphatic carbocycles. The Balaban J connectivity index is 2.63. The highest BCUT2D eigenvalue weighted by atomic mass is 16.5. The van der Waals surface area contributed by atoms with Crippen LogP contribution < -0.4 is 0 Å². The van der Waals surface area contributed by atoms with E-state index in [1.54, 1.807) is 6.92 Å². The predicted molar refractivity (Wildman–Crippen MR) is 87.2 cm³/mol. The molecule has 0 bridgehead atoms. The first-order valence-electron chi connectivity index (χ1n) is 7.26. The van der Waals surface area contributed by atoms with Gasteiger partial charge >= 0.3 is 5.97 Å².